The van der Waals surface area contributed by atoms with E-state index in [-0.39, 0.29) is 23.7 Å². The van der Waals surface area contributed by atoms with Gasteiger partial charge in [-0.15, -0.1) is 0 Å². The molecule has 5 rings (SSSR count). The molecule has 4 fully saturated rings. The lowest BCUT2D eigenvalue weighted by Gasteiger charge is -2.56. The van der Waals surface area contributed by atoms with Gasteiger partial charge in [-0.1, -0.05) is 6.92 Å². The molecule has 31 heavy (non-hydrogen) atoms. The highest BCUT2D eigenvalue weighted by Gasteiger charge is 2.62. The van der Waals surface area contributed by atoms with E-state index in [9.17, 15) is 9.90 Å². The summed E-state index contributed by atoms with van der Waals surface area (Å²) in [6.45, 7) is 11.3. The zero-order valence-electron chi connectivity index (χ0n) is 18.6. The van der Waals surface area contributed by atoms with E-state index in [1.807, 2.05) is 6.92 Å². The van der Waals surface area contributed by atoms with Gasteiger partial charge in [0.05, 0.1) is 30.8 Å². The Bertz CT molecular complexity index is 905. The van der Waals surface area contributed by atoms with Crippen LogP contribution in [0.2, 0.25) is 0 Å². The van der Waals surface area contributed by atoms with Crippen LogP contribution in [0.1, 0.15) is 65.2 Å². The van der Waals surface area contributed by atoms with Crippen molar-refractivity contribution in [3.05, 3.63) is 23.8 Å². The molecule has 5 nitrogen and oxygen atoms in total. The van der Waals surface area contributed by atoms with Gasteiger partial charge in [0.1, 0.15) is 6.17 Å². The van der Waals surface area contributed by atoms with Gasteiger partial charge in [-0.3, -0.25) is 9.48 Å². The molecule has 1 aromatic rings. The van der Waals surface area contributed by atoms with Crippen LogP contribution in [-0.2, 0) is 11.3 Å². The molecule has 1 aromatic heterocycles. The fraction of sp³-hybridized carbons (Fsp3) is 0.800. The molecule has 0 bridgehead atoms. The number of nitrogens with zero attached hydrogens (tertiary/aromatic N) is 3. The third-order valence-corrected chi connectivity index (χ3v) is 9.64. The van der Waals surface area contributed by atoms with E-state index in [1.54, 1.807) is 6.20 Å². The number of aromatic nitrogens is 2. The monoisotopic (exact) mass is 427 g/mol. The van der Waals surface area contributed by atoms with E-state index in [0.717, 1.165) is 44.9 Å². The maximum Gasteiger partial charge on any atom is 0.224 e. The number of alkyl halides is 1. The van der Waals surface area contributed by atoms with Crippen molar-refractivity contribution < 1.29 is 14.3 Å². The van der Waals surface area contributed by atoms with E-state index in [4.69, 9.17) is 6.57 Å². The minimum Gasteiger partial charge on any atom is -0.390 e. The molecule has 1 heterocycles. The Morgan fingerprint density at radius 1 is 1.26 bits per heavy atom. The van der Waals surface area contributed by atoms with E-state index in [1.165, 1.54) is 10.9 Å². The standard InChI is InChI=1S/C25H34FN3O2/c1-24(31)8-6-17-15(11-24)4-5-19-18(17)7-9-25(2)20(19)10-21(26)23(25)22(30)14-29-13-16(27-3)12-28-29/h12-13,15,17-21,23,31H,4-11,14H2,1-2H3/t15-,17+,18?,19?,20?,21+,23?,24-,25+/m1/s1. The van der Waals surface area contributed by atoms with Crippen molar-refractivity contribution in [2.24, 2.45) is 40.9 Å². The number of halogens is 1. The van der Waals surface area contributed by atoms with E-state index in [2.05, 4.69) is 16.9 Å². The molecular formula is C25H34FN3O2. The van der Waals surface area contributed by atoms with Crippen molar-refractivity contribution >= 4 is 11.5 Å². The van der Waals surface area contributed by atoms with Crippen LogP contribution in [0.4, 0.5) is 10.1 Å². The summed E-state index contributed by atoms with van der Waals surface area (Å²) in [7, 11) is 0. The molecule has 168 valence electrons. The average molecular weight is 428 g/mol. The summed E-state index contributed by atoms with van der Waals surface area (Å²) >= 11 is 0. The predicted octanol–water partition coefficient (Wildman–Crippen LogP) is 4.97. The van der Waals surface area contributed by atoms with E-state index in [0.29, 0.717) is 35.8 Å². The first-order valence-electron chi connectivity index (χ1n) is 12.0. The highest BCUT2D eigenvalue weighted by atomic mass is 19.1. The molecule has 0 aliphatic heterocycles. The summed E-state index contributed by atoms with van der Waals surface area (Å²) in [6, 6.07) is 0. The highest BCUT2D eigenvalue weighted by molar-refractivity contribution is 5.82. The Kier molecular flexibility index (Phi) is 5.04. The molecule has 1 N–H and O–H groups in total. The summed E-state index contributed by atoms with van der Waals surface area (Å²) < 4.78 is 16.9. The van der Waals surface area contributed by atoms with Gasteiger partial charge in [-0.05, 0) is 93.3 Å². The molecule has 6 heteroatoms. The first-order valence-corrected chi connectivity index (χ1v) is 12.0. The van der Waals surface area contributed by atoms with Crippen LogP contribution in [0, 0.1) is 47.5 Å². The maximum absolute atomic E-state index is 15.4. The quantitative estimate of drug-likeness (QED) is 0.693. The van der Waals surface area contributed by atoms with Gasteiger partial charge in [0.2, 0.25) is 5.69 Å². The molecule has 0 aromatic carbocycles. The molecule has 4 saturated carbocycles. The first-order chi connectivity index (χ1) is 14.7. The number of aliphatic hydroxyl groups is 1. The second kappa shape index (κ2) is 7.40. The second-order valence-electron chi connectivity index (χ2n) is 11.4. The molecule has 0 spiro atoms. The lowest BCUT2D eigenvalue weighted by Crippen LogP contribution is -2.51. The van der Waals surface area contributed by atoms with Crippen LogP contribution in [0.5, 0.6) is 0 Å². The molecule has 4 aliphatic carbocycles. The number of hydrogen-bond donors (Lipinski definition) is 1. The fourth-order valence-electron chi connectivity index (χ4n) is 8.38. The number of carbonyl (C=O) groups excluding carboxylic acids is 1. The second-order valence-corrected chi connectivity index (χ2v) is 11.4. The first kappa shape index (κ1) is 21.1. The number of Topliss-reactive ketones (excluding diaryl/α,β-unsaturated/α-hetero) is 1. The Balaban J connectivity index is 1.34. The Morgan fingerprint density at radius 2 is 2.03 bits per heavy atom. The van der Waals surface area contributed by atoms with Gasteiger partial charge in [0.25, 0.3) is 0 Å². The maximum atomic E-state index is 15.4. The van der Waals surface area contributed by atoms with Crippen LogP contribution < -0.4 is 0 Å². The average Bonchev–Trinajstić information content (AvgIpc) is 3.27. The topological polar surface area (TPSA) is 59.5 Å². The van der Waals surface area contributed by atoms with Crippen molar-refractivity contribution in [1.29, 1.82) is 0 Å². The molecule has 4 unspecified atom stereocenters. The van der Waals surface area contributed by atoms with Crippen molar-refractivity contribution in [1.82, 2.24) is 9.78 Å². The zero-order valence-corrected chi connectivity index (χ0v) is 18.6. The van der Waals surface area contributed by atoms with Crippen LogP contribution in [0.25, 0.3) is 4.85 Å². The van der Waals surface area contributed by atoms with Crippen LogP contribution >= 0.6 is 0 Å². The minimum absolute atomic E-state index is 0.0524. The van der Waals surface area contributed by atoms with E-state index >= 15 is 4.39 Å². The lowest BCUT2D eigenvalue weighted by atomic mass is 9.49. The summed E-state index contributed by atoms with van der Waals surface area (Å²) in [4.78, 5) is 16.6. The summed E-state index contributed by atoms with van der Waals surface area (Å²) in [5.41, 5.74) is -0.393. The minimum atomic E-state index is -1.08. The van der Waals surface area contributed by atoms with Crippen LogP contribution in [0.3, 0.4) is 0 Å². The molecule has 0 radical (unpaired) electrons. The number of ketones is 1. The SMILES string of the molecule is [C-]#[N+]c1cnn(CC(=O)C2[C@@H](F)CC3C4CC[C@@H]5C[C@](C)(O)CC[C@@H]5C4CC[C@@]32C)c1. The summed E-state index contributed by atoms with van der Waals surface area (Å²) in [5.74, 6) is 2.04. The smallest absolute Gasteiger partial charge is 0.224 e. The number of rotatable bonds is 3. The number of hydrogen-bond acceptors (Lipinski definition) is 3. The Morgan fingerprint density at radius 3 is 2.77 bits per heavy atom. The summed E-state index contributed by atoms with van der Waals surface area (Å²) in [5, 5.41) is 14.7. The third-order valence-electron chi connectivity index (χ3n) is 9.64. The van der Waals surface area contributed by atoms with E-state index < -0.39 is 17.7 Å². The van der Waals surface area contributed by atoms with Crippen molar-refractivity contribution in [3.63, 3.8) is 0 Å². The highest BCUT2D eigenvalue weighted by Crippen LogP contribution is 2.65. The number of carbonyl (C=O) groups is 1. The van der Waals surface area contributed by atoms with Gasteiger partial charge in [0, 0.05) is 6.20 Å². The Hall–Kier alpha value is -1.74. The lowest BCUT2D eigenvalue weighted by molar-refractivity contribution is -0.134. The van der Waals surface area contributed by atoms with Gasteiger partial charge in [0.15, 0.2) is 5.78 Å². The molecular weight excluding hydrogens is 393 g/mol. The molecule has 0 saturated heterocycles. The van der Waals surface area contributed by atoms with Gasteiger partial charge < -0.3 is 5.11 Å². The normalized spacial score (nSPS) is 46.5. The third kappa shape index (κ3) is 3.44. The Labute approximate surface area is 184 Å². The van der Waals surface area contributed by atoms with Crippen LogP contribution in [0.15, 0.2) is 12.4 Å². The van der Waals surface area contributed by atoms with Crippen molar-refractivity contribution in [3.8, 4) is 0 Å². The molecule has 4 aliphatic rings. The summed E-state index contributed by atoms with van der Waals surface area (Å²) in [6.07, 6.45) is 9.59. The van der Waals surface area contributed by atoms with Crippen molar-refractivity contribution in [2.45, 2.75) is 83.5 Å². The van der Waals surface area contributed by atoms with Crippen LogP contribution in [-0.4, -0.2) is 32.4 Å². The largest absolute Gasteiger partial charge is 0.390 e. The van der Waals surface area contributed by atoms with Crippen molar-refractivity contribution in [2.75, 3.05) is 0 Å². The zero-order chi connectivity index (χ0) is 22.0. The molecule has 9 atom stereocenters. The van der Waals surface area contributed by atoms with Gasteiger partial charge in [-0.2, -0.15) is 5.10 Å². The number of fused-ring (bicyclic) bond motifs is 5. The van der Waals surface area contributed by atoms with Gasteiger partial charge in [-0.25, -0.2) is 9.24 Å². The molecule has 0 amide bonds. The predicted molar refractivity (Wildman–Crippen MR) is 115 cm³/mol. The fourth-order valence-corrected chi connectivity index (χ4v) is 8.38. The van der Waals surface area contributed by atoms with Gasteiger partial charge >= 0.3 is 0 Å².